The van der Waals surface area contributed by atoms with Gasteiger partial charge in [-0.05, 0) is 20.8 Å². The Morgan fingerprint density at radius 1 is 1.29 bits per heavy atom. The third-order valence-corrected chi connectivity index (χ3v) is 3.21. The number of imide groups is 1. The molecule has 0 radical (unpaired) electrons. The highest BCUT2D eigenvalue weighted by atomic mass is 32.2. The molecule has 8 nitrogen and oxygen atoms in total. The number of carboxylic acid groups (broad SMARTS) is 1. The van der Waals surface area contributed by atoms with E-state index in [4.69, 9.17) is 5.11 Å². The van der Waals surface area contributed by atoms with Gasteiger partial charge in [-0.2, -0.15) is 0 Å². The van der Waals surface area contributed by atoms with Crippen LogP contribution in [0.1, 0.15) is 28.8 Å². The van der Waals surface area contributed by atoms with Crippen LogP contribution in [0.3, 0.4) is 0 Å². The Morgan fingerprint density at radius 3 is 2.52 bits per heavy atom. The molecule has 1 aromatic rings. The van der Waals surface area contributed by atoms with Crippen LogP contribution in [0.2, 0.25) is 0 Å². The molecule has 1 aromatic heterocycles. The minimum Gasteiger partial charge on any atom is -0.478 e. The Morgan fingerprint density at radius 2 is 1.95 bits per heavy atom. The fourth-order valence-corrected chi connectivity index (χ4v) is 2.40. The molecule has 0 saturated carbocycles. The third-order valence-electron chi connectivity index (χ3n) is 2.24. The van der Waals surface area contributed by atoms with Crippen LogP contribution in [0.4, 0.5) is 4.79 Å². The van der Waals surface area contributed by atoms with E-state index in [1.807, 2.05) is 5.32 Å². The number of alkyl carbamates (subject to hydrolysis) is 1. The van der Waals surface area contributed by atoms with Crippen LogP contribution < -0.4 is 5.32 Å². The maximum absolute atomic E-state index is 11.5. The lowest BCUT2D eigenvalue weighted by atomic mass is 10.2. The summed E-state index contributed by atoms with van der Waals surface area (Å²) in [6.45, 7) is 4.95. The van der Waals surface area contributed by atoms with Crippen molar-refractivity contribution in [3.8, 4) is 0 Å². The van der Waals surface area contributed by atoms with E-state index in [1.54, 1.807) is 20.8 Å². The van der Waals surface area contributed by atoms with Gasteiger partial charge < -0.3 is 9.84 Å². The van der Waals surface area contributed by atoms with Crippen LogP contribution in [0.15, 0.2) is 5.03 Å². The summed E-state index contributed by atoms with van der Waals surface area (Å²) in [7, 11) is 0. The van der Waals surface area contributed by atoms with Crippen molar-refractivity contribution < 1.29 is 24.2 Å². The summed E-state index contributed by atoms with van der Waals surface area (Å²) in [6.07, 6.45) is -0.836. The number of aryl methyl sites for hydroxylation is 2. The zero-order valence-corrected chi connectivity index (χ0v) is 12.6. The molecule has 1 rings (SSSR count). The van der Waals surface area contributed by atoms with Crippen LogP contribution in [-0.4, -0.2) is 45.4 Å². The van der Waals surface area contributed by atoms with E-state index >= 15 is 0 Å². The lowest BCUT2D eigenvalue weighted by Crippen LogP contribution is -2.32. The molecule has 0 aromatic carbocycles. The quantitative estimate of drug-likeness (QED) is 0.614. The summed E-state index contributed by atoms with van der Waals surface area (Å²) in [4.78, 5) is 41.8. The second-order valence-corrected chi connectivity index (χ2v) is 4.86. The van der Waals surface area contributed by atoms with E-state index in [2.05, 4.69) is 14.7 Å². The first-order valence-electron chi connectivity index (χ1n) is 6.03. The molecule has 9 heteroatoms. The molecule has 0 atom stereocenters. The predicted octanol–water partition coefficient (Wildman–Crippen LogP) is 1.16. The maximum atomic E-state index is 11.5. The SMILES string of the molecule is CCOC(=O)NC(=O)CSc1nc(C)nc(C)c1C(=O)O. The van der Waals surface area contributed by atoms with E-state index in [0.29, 0.717) is 11.5 Å². The van der Waals surface area contributed by atoms with Crippen molar-refractivity contribution in [2.24, 2.45) is 0 Å². The van der Waals surface area contributed by atoms with Crippen molar-refractivity contribution in [2.75, 3.05) is 12.4 Å². The molecule has 21 heavy (non-hydrogen) atoms. The Hall–Kier alpha value is -2.16. The number of hydrogen-bond donors (Lipinski definition) is 2. The molecule has 0 bridgehead atoms. The molecule has 0 unspecified atom stereocenters. The summed E-state index contributed by atoms with van der Waals surface area (Å²) >= 11 is 0.920. The van der Waals surface area contributed by atoms with Gasteiger partial charge >= 0.3 is 12.1 Å². The topological polar surface area (TPSA) is 118 Å². The minimum absolute atomic E-state index is 0.0467. The van der Waals surface area contributed by atoms with Crippen molar-refractivity contribution >= 4 is 29.7 Å². The second kappa shape index (κ2) is 7.58. The molecular formula is C12H15N3O5S. The number of amides is 2. The van der Waals surface area contributed by atoms with E-state index < -0.39 is 18.0 Å². The van der Waals surface area contributed by atoms with Gasteiger partial charge in [0.2, 0.25) is 5.91 Å². The van der Waals surface area contributed by atoms with Crippen molar-refractivity contribution in [3.63, 3.8) is 0 Å². The van der Waals surface area contributed by atoms with Gasteiger partial charge in [-0.1, -0.05) is 11.8 Å². The first-order chi connectivity index (χ1) is 9.85. The zero-order valence-electron chi connectivity index (χ0n) is 11.8. The lowest BCUT2D eigenvalue weighted by Gasteiger charge is -2.08. The lowest BCUT2D eigenvalue weighted by molar-refractivity contribution is -0.117. The van der Waals surface area contributed by atoms with E-state index in [1.165, 1.54) is 0 Å². The third kappa shape index (κ3) is 5.03. The zero-order chi connectivity index (χ0) is 16.0. The number of rotatable bonds is 5. The second-order valence-electron chi connectivity index (χ2n) is 3.90. The monoisotopic (exact) mass is 313 g/mol. The van der Waals surface area contributed by atoms with E-state index in [0.717, 1.165) is 11.8 Å². The van der Waals surface area contributed by atoms with Gasteiger partial charge in [0.15, 0.2) is 0 Å². The first-order valence-corrected chi connectivity index (χ1v) is 7.01. The average molecular weight is 313 g/mol. The highest BCUT2D eigenvalue weighted by Crippen LogP contribution is 2.22. The number of carboxylic acids is 1. The largest absolute Gasteiger partial charge is 0.478 e. The number of carbonyl (C=O) groups is 3. The van der Waals surface area contributed by atoms with Crippen LogP contribution >= 0.6 is 11.8 Å². The van der Waals surface area contributed by atoms with Crippen molar-refractivity contribution in [1.29, 1.82) is 0 Å². The van der Waals surface area contributed by atoms with Gasteiger partial charge in [0.05, 0.1) is 18.1 Å². The summed E-state index contributed by atoms with van der Waals surface area (Å²) < 4.78 is 4.56. The molecule has 0 aliphatic heterocycles. The highest BCUT2D eigenvalue weighted by Gasteiger charge is 2.19. The van der Waals surface area contributed by atoms with Gasteiger partial charge in [0.25, 0.3) is 0 Å². The van der Waals surface area contributed by atoms with E-state index in [9.17, 15) is 14.4 Å². The number of carbonyl (C=O) groups excluding carboxylic acids is 2. The Bertz CT molecular complexity index is 576. The maximum Gasteiger partial charge on any atom is 0.413 e. The number of nitrogens with one attached hydrogen (secondary N) is 1. The van der Waals surface area contributed by atoms with E-state index in [-0.39, 0.29) is 22.9 Å². The number of hydrogen-bond acceptors (Lipinski definition) is 7. The number of ether oxygens (including phenoxy) is 1. The summed E-state index contributed by atoms with van der Waals surface area (Å²) in [6, 6.07) is 0. The molecule has 114 valence electrons. The molecule has 0 saturated heterocycles. The molecular weight excluding hydrogens is 298 g/mol. The summed E-state index contributed by atoms with van der Waals surface area (Å²) in [5.41, 5.74) is 0.276. The van der Waals surface area contributed by atoms with Gasteiger partial charge in [-0.15, -0.1) is 0 Å². The normalized spacial score (nSPS) is 10.0. The fourth-order valence-electron chi connectivity index (χ4n) is 1.48. The van der Waals surface area contributed by atoms with Crippen molar-refractivity contribution in [2.45, 2.75) is 25.8 Å². The van der Waals surface area contributed by atoms with Gasteiger partial charge in [0, 0.05) is 0 Å². The molecule has 2 N–H and O–H groups in total. The van der Waals surface area contributed by atoms with Gasteiger partial charge in [-0.3, -0.25) is 10.1 Å². The van der Waals surface area contributed by atoms with Crippen LogP contribution in [0.25, 0.3) is 0 Å². The molecule has 0 fully saturated rings. The van der Waals surface area contributed by atoms with Crippen LogP contribution in [0, 0.1) is 13.8 Å². The first kappa shape index (κ1) is 16.9. The number of thioether (sulfide) groups is 1. The molecule has 1 heterocycles. The number of aromatic carboxylic acids is 1. The minimum atomic E-state index is -1.17. The number of nitrogens with zero attached hydrogens (tertiary/aromatic N) is 2. The van der Waals surface area contributed by atoms with Crippen LogP contribution in [0.5, 0.6) is 0 Å². The van der Waals surface area contributed by atoms with Crippen molar-refractivity contribution in [3.05, 3.63) is 17.1 Å². The Labute approximate surface area is 125 Å². The standard InChI is InChI=1S/C12H15N3O5S/c1-4-20-12(19)15-8(16)5-21-10-9(11(17)18)6(2)13-7(3)14-10/h4-5H2,1-3H3,(H,17,18)(H,15,16,19). The smallest absolute Gasteiger partial charge is 0.413 e. The molecule has 0 aliphatic carbocycles. The Kier molecular flexibility index (Phi) is 6.10. The average Bonchev–Trinajstić information content (AvgIpc) is 2.35. The fraction of sp³-hybridized carbons (Fsp3) is 0.417. The van der Waals surface area contributed by atoms with Crippen LogP contribution in [-0.2, 0) is 9.53 Å². The van der Waals surface area contributed by atoms with Crippen molar-refractivity contribution in [1.82, 2.24) is 15.3 Å². The predicted molar refractivity (Wildman–Crippen MR) is 74.4 cm³/mol. The highest BCUT2D eigenvalue weighted by molar-refractivity contribution is 8.00. The summed E-state index contributed by atoms with van der Waals surface area (Å²) in [5, 5.41) is 11.4. The molecule has 0 spiro atoms. The Balaban J connectivity index is 2.77. The molecule has 0 aliphatic rings. The number of aromatic nitrogens is 2. The van der Waals surface area contributed by atoms with Gasteiger partial charge in [-0.25, -0.2) is 19.6 Å². The summed E-state index contributed by atoms with van der Waals surface area (Å²) in [5.74, 6) is -1.51. The molecule has 2 amide bonds. The van der Waals surface area contributed by atoms with Gasteiger partial charge in [0.1, 0.15) is 16.4 Å².